The molecule has 2 fully saturated rings. The van der Waals surface area contributed by atoms with Crippen LogP contribution in [0.15, 0.2) is 34.9 Å². The van der Waals surface area contributed by atoms with E-state index >= 15 is 0 Å². The molecule has 1 aliphatic carbocycles. The van der Waals surface area contributed by atoms with Gasteiger partial charge in [-0.15, -0.1) is 0 Å². The molecule has 1 saturated carbocycles. The van der Waals surface area contributed by atoms with Gasteiger partial charge in [0.25, 0.3) is 5.91 Å². The van der Waals surface area contributed by atoms with Crippen LogP contribution in [0.1, 0.15) is 58.2 Å². The summed E-state index contributed by atoms with van der Waals surface area (Å²) in [6.07, 6.45) is 3.41. The molecular weight excluding hydrogens is 323 g/mol. The fourth-order valence-electron chi connectivity index (χ4n) is 3.31. The summed E-state index contributed by atoms with van der Waals surface area (Å²) in [5.74, 6) is 0.620. The molecule has 0 atom stereocenters. The molecule has 1 aliphatic heterocycles. The molecule has 2 aliphatic rings. The minimum absolute atomic E-state index is 0.0181. The van der Waals surface area contributed by atoms with Gasteiger partial charge in [0.1, 0.15) is 11.6 Å². The van der Waals surface area contributed by atoms with Gasteiger partial charge < -0.3 is 9.42 Å². The van der Waals surface area contributed by atoms with Crippen LogP contribution in [-0.2, 0) is 0 Å². The topological polar surface area (TPSA) is 63.4 Å². The van der Waals surface area contributed by atoms with Crippen LogP contribution in [0, 0.1) is 11.7 Å². The monoisotopic (exact) mass is 342 g/mol. The summed E-state index contributed by atoms with van der Waals surface area (Å²) in [6.45, 7) is 1.03. The third-order valence-corrected chi connectivity index (χ3v) is 5.01. The highest BCUT2D eigenvalue weighted by Gasteiger charge is 2.32. The summed E-state index contributed by atoms with van der Waals surface area (Å²) in [5, 5.41) is 3.89. The number of aromatic nitrogens is 1. The maximum Gasteiger partial charge on any atom is 0.276 e. The van der Waals surface area contributed by atoms with Crippen molar-refractivity contribution in [3.05, 3.63) is 53.2 Å². The Hall–Kier alpha value is -2.50. The Morgan fingerprint density at radius 1 is 1.08 bits per heavy atom. The van der Waals surface area contributed by atoms with E-state index in [9.17, 15) is 14.0 Å². The number of nitrogens with zero attached hydrogens (tertiary/aromatic N) is 2. The number of likely N-dealkylation sites (tertiary alicyclic amines) is 1. The summed E-state index contributed by atoms with van der Waals surface area (Å²) < 4.78 is 18.2. The van der Waals surface area contributed by atoms with Crippen LogP contribution in [0.25, 0.3) is 0 Å². The largest absolute Gasteiger partial charge is 0.360 e. The number of carbonyl (C=O) groups is 2. The van der Waals surface area contributed by atoms with E-state index < -0.39 is 0 Å². The zero-order valence-corrected chi connectivity index (χ0v) is 13.8. The fourth-order valence-corrected chi connectivity index (χ4v) is 3.31. The summed E-state index contributed by atoms with van der Waals surface area (Å²) >= 11 is 0. The highest BCUT2D eigenvalue weighted by molar-refractivity contribution is 5.98. The van der Waals surface area contributed by atoms with Gasteiger partial charge in [-0.3, -0.25) is 9.59 Å². The summed E-state index contributed by atoms with van der Waals surface area (Å²) in [6, 6.07) is 7.38. The SMILES string of the molecule is O=C(c1ccc(F)cc1)C1CCN(C(=O)c2cc(C3CC3)on2)CC1. The van der Waals surface area contributed by atoms with Gasteiger partial charge in [-0.2, -0.15) is 0 Å². The number of ketones is 1. The van der Waals surface area contributed by atoms with Gasteiger partial charge >= 0.3 is 0 Å². The lowest BCUT2D eigenvalue weighted by Crippen LogP contribution is -2.40. The molecule has 25 heavy (non-hydrogen) atoms. The molecule has 0 spiro atoms. The molecule has 1 aromatic carbocycles. The van der Waals surface area contributed by atoms with Gasteiger partial charge in [-0.25, -0.2) is 4.39 Å². The number of halogens is 1. The first kappa shape index (κ1) is 16.0. The summed E-state index contributed by atoms with van der Waals surface area (Å²) in [5.41, 5.74) is 0.877. The average molecular weight is 342 g/mol. The first-order valence-electron chi connectivity index (χ1n) is 8.67. The van der Waals surface area contributed by atoms with Gasteiger partial charge in [-0.05, 0) is 49.9 Å². The van der Waals surface area contributed by atoms with Crippen molar-refractivity contribution in [1.29, 1.82) is 0 Å². The standard InChI is InChI=1S/C19H19FN2O3/c20-15-5-3-13(4-6-15)18(23)14-7-9-22(10-8-14)19(24)16-11-17(25-21-16)12-1-2-12/h3-6,11-12,14H,1-2,7-10H2. The van der Waals surface area contributed by atoms with Crippen LogP contribution in [0.2, 0.25) is 0 Å². The lowest BCUT2D eigenvalue weighted by atomic mass is 9.89. The normalized spacial score (nSPS) is 18.4. The van der Waals surface area contributed by atoms with Gasteiger partial charge in [0.15, 0.2) is 11.5 Å². The molecule has 0 radical (unpaired) electrons. The van der Waals surface area contributed by atoms with E-state index in [4.69, 9.17) is 4.52 Å². The first-order chi connectivity index (χ1) is 12.1. The Morgan fingerprint density at radius 3 is 2.40 bits per heavy atom. The van der Waals surface area contributed by atoms with Gasteiger partial charge in [-0.1, -0.05) is 5.16 Å². The molecular formula is C19H19FN2O3. The van der Waals surface area contributed by atoms with Crippen LogP contribution in [0.5, 0.6) is 0 Å². The smallest absolute Gasteiger partial charge is 0.276 e. The number of amides is 1. The van der Waals surface area contributed by atoms with Crippen molar-refractivity contribution in [2.24, 2.45) is 5.92 Å². The van der Waals surface area contributed by atoms with Gasteiger partial charge in [0, 0.05) is 36.6 Å². The van der Waals surface area contributed by atoms with E-state index in [-0.39, 0.29) is 23.4 Å². The lowest BCUT2D eigenvalue weighted by Gasteiger charge is -2.30. The van der Waals surface area contributed by atoms with E-state index in [0.29, 0.717) is 43.1 Å². The zero-order chi connectivity index (χ0) is 17.4. The molecule has 5 nitrogen and oxygen atoms in total. The molecule has 1 amide bonds. The van der Waals surface area contributed by atoms with E-state index in [1.54, 1.807) is 11.0 Å². The van der Waals surface area contributed by atoms with Crippen LogP contribution < -0.4 is 0 Å². The molecule has 2 aromatic rings. The van der Waals surface area contributed by atoms with Crippen molar-refractivity contribution in [2.45, 2.75) is 31.6 Å². The van der Waals surface area contributed by atoms with Crippen LogP contribution in [0.3, 0.4) is 0 Å². The van der Waals surface area contributed by atoms with E-state index in [0.717, 1.165) is 18.6 Å². The molecule has 2 heterocycles. The van der Waals surface area contributed by atoms with Gasteiger partial charge in [0.2, 0.25) is 0 Å². The minimum Gasteiger partial charge on any atom is -0.360 e. The number of hydrogen-bond acceptors (Lipinski definition) is 4. The van der Waals surface area contributed by atoms with Crippen molar-refractivity contribution < 1.29 is 18.5 Å². The van der Waals surface area contributed by atoms with Crippen LogP contribution in [0.4, 0.5) is 4.39 Å². The number of hydrogen-bond donors (Lipinski definition) is 0. The summed E-state index contributed by atoms with van der Waals surface area (Å²) in [4.78, 5) is 26.7. The Labute approximate surface area is 144 Å². The van der Waals surface area contributed by atoms with Crippen molar-refractivity contribution in [1.82, 2.24) is 10.1 Å². The third kappa shape index (κ3) is 3.34. The Morgan fingerprint density at radius 2 is 1.76 bits per heavy atom. The number of benzene rings is 1. The highest BCUT2D eigenvalue weighted by atomic mass is 19.1. The van der Waals surface area contributed by atoms with Crippen molar-refractivity contribution >= 4 is 11.7 Å². The van der Waals surface area contributed by atoms with Crippen molar-refractivity contribution in [3.63, 3.8) is 0 Å². The van der Waals surface area contributed by atoms with Crippen LogP contribution in [-0.4, -0.2) is 34.8 Å². The second-order valence-electron chi connectivity index (χ2n) is 6.83. The molecule has 4 rings (SSSR count). The van der Waals surface area contributed by atoms with E-state index in [1.807, 2.05) is 0 Å². The van der Waals surface area contributed by atoms with E-state index in [2.05, 4.69) is 5.16 Å². The maximum atomic E-state index is 13.0. The molecule has 6 heteroatoms. The molecule has 0 N–H and O–H groups in total. The Kier molecular flexibility index (Phi) is 4.11. The predicted octanol–water partition coefficient (Wildman–Crippen LogP) is 3.43. The third-order valence-electron chi connectivity index (χ3n) is 5.01. The average Bonchev–Trinajstić information content (AvgIpc) is 3.38. The second-order valence-corrected chi connectivity index (χ2v) is 6.83. The molecule has 1 saturated heterocycles. The number of rotatable bonds is 4. The quantitative estimate of drug-likeness (QED) is 0.799. The van der Waals surface area contributed by atoms with Crippen LogP contribution >= 0.6 is 0 Å². The van der Waals surface area contributed by atoms with Crippen molar-refractivity contribution in [2.75, 3.05) is 13.1 Å². The number of Topliss-reactive ketones (excluding diaryl/α,β-unsaturated/α-hetero) is 1. The van der Waals surface area contributed by atoms with Crippen molar-refractivity contribution in [3.8, 4) is 0 Å². The Bertz CT molecular complexity index is 787. The highest BCUT2D eigenvalue weighted by Crippen LogP contribution is 2.40. The summed E-state index contributed by atoms with van der Waals surface area (Å²) in [7, 11) is 0. The fraction of sp³-hybridized carbons (Fsp3) is 0.421. The lowest BCUT2D eigenvalue weighted by molar-refractivity contribution is 0.0642. The minimum atomic E-state index is -0.352. The zero-order valence-electron chi connectivity index (χ0n) is 13.8. The Balaban J connectivity index is 1.36. The second kappa shape index (κ2) is 6.43. The molecule has 0 bridgehead atoms. The molecule has 130 valence electrons. The molecule has 1 aromatic heterocycles. The number of carbonyl (C=O) groups excluding carboxylic acids is 2. The maximum absolute atomic E-state index is 13.0. The first-order valence-corrected chi connectivity index (χ1v) is 8.67. The van der Waals surface area contributed by atoms with Gasteiger partial charge in [0.05, 0.1) is 0 Å². The molecule has 0 unspecified atom stereocenters. The predicted molar refractivity (Wildman–Crippen MR) is 87.8 cm³/mol. The number of piperidine rings is 1. The van der Waals surface area contributed by atoms with E-state index in [1.165, 1.54) is 24.3 Å².